The van der Waals surface area contributed by atoms with Gasteiger partial charge in [0, 0.05) is 25.2 Å². The number of aliphatic hydroxyl groups excluding tert-OH is 2. The summed E-state index contributed by atoms with van der Waals surface area (Å²) in [6.07, 6.45) is 5.47. The van der Waals surface area contributed by atoms with Crippen molar-refractivity contribution in [2.24, 2.45) is 11.8 Å². The third-order valence-corrected chi connectivity index (χ3v) is 8.80. The zero-order valence-corrected chi connectivity index (χ0v) is 21.3. The summed E-state index contributed by atoms with van der Waals surface area (Å²) < 4.78 is 11.2. The normalized spacial score (nSPS) is 26.0. The number of aliphatic hydroxyl groups is 2. The highest BCUT2D eigenvalue weighted by atomic mass is 16.5. The van der Waals surface area contributed by atoms with Gasteiger partial charge in [0.1, 0.15) is 0 Å². The van der Waals surface area contributed by atoms with Crippen LogP contribution < -0.4 is 14.8 Å². The maximum atomic E-state index is 9.92. The van der Waals surface area contributed by atoms with Crippen LogP contribution in [0, 0.1) is 11.8 Å². The molecule has 6 nitrogen and oxygen atoms in total. The molecule has 3 aliphatic heterocycles. The SMILES string of the molecule is CC[C@H]1CN2CCc3cc(CO)c(CO)cc3[C@@H]2C[C@@H]1C[C@H]1NCCc2cc(OC)c(OC)cc21. The van der Waals surface area contributed by atoms with E-state index in [1.807, 2.05) is 0 Å². The molecule has 0 aromatic heterocycles. The molecule has 5 rings (SSSR count). The summed E-state index contributed by atoms with van der Waals surface area (Å²) in [4.78, 5) is 2.67. The summed E-state index contributed by atoms with van der Waals surface area (Å²) in [5.41, 5.74) is 7.16. The minimum Gasteiger partial charge on any atom is -0.493 e. The number of fused-ring (bicyclic) bond motifs is 4. The van der Waals surface area contributed by atoms with Crippen LogP contribution in [0.5, 0.6) is 11.5 Å². The topological polar surface area (TPSA) is 74.2 Å². The average molecular weight is 481 g/mol. The van der Waals surface area contributed by atoms with E-state index in [0.29, 0.717) is 23.9 Å². The molecule has 0 aliphatic carbocycles. The third-order valence-electron chi connectivity index (χ3n) is 8.80. The lowest BCUT2D eigenvalue weighted by Crippen LogP contribution is -2.47. The van der Waals surface area contributed by atoms with Crippen LogP contribution in [0.25, 0.3) is 0 Å². The van der Waals surface area contributed by atoms with Crippen LogP contribution in [-0.4, -0.2) is 49.0 Å². The van der Waals surface area contributed by atoms with E-state index >= 15 is 0 Å². The van der Waals surface area contributed by atoms with Crippen LogP contribution in [-0.2, 0) is 26.1 Å². The molecule has 2 aromatic carbocycles. The lowest BCUT2D eigenvalue weighted by Gasteiger charge is -2.48. The van der Waals surface area contributed by atoms with Crippen LogP contribution in [0.3, 0.4) is 0 Å². The maximum Gasteiger partial charge on any atom is 0.161 e. The second kappa shape index (κ2) is 10.5. The molecular weight excluding hydrogens is 440 g/mol. The first-order valence-corrected chi connectivity index (χ1v) is 13.2. The molecule has 0 saturated carbocycles. The van der Waals surface area contributed by atoms with E-state index < -0.39 is 0 Å². The van der Waals surface area contributed by atoms with E-state index in [-0.39, 0.29) is 13.2 Å². The first-order chi connectivity index (χ1) is 17.1. The molecule has 6 heteroatoms. The fourth-order valence-electron chi connectivity index (χ4n) is 6.85. The number of nitrogens with zero attached hydrogens (tertiary/aromatic N) is 1. The summed E-state index contributed by atoms with van der Waals surface area (Å²) in [5, 5.41) is 23.5. The molecule has 35 heavy (non-hydrogen) atoms. The molecule has 0 bridgehead atoms. The molecule has 3 N–H and O–H groups in total. The number of piperidine rings is 1. The molecule has 3 heterocycles. The van der Waals surface area contributed by atoms with E-state index in [9.17, 15) is 10.2 Å². The van der Waals surface area contributed by atoms with Gasteiger partial charge in [-0.2, -0.15) is 0 Å². The Kier molecular flexibility index (Phi) is 7.35. The van der Waals surface area contributed by atoms with Gasteiger partial charge in [-0.15, -0.1) is 0 Å². The van der Waals surface area contributed by atoms with Crippen molar-refractivity contribution in [2.75, 3.05) is 33.9 Å². The Morgan fingerprint density at radius 1 is 0.914 bits per heavy atom. The van der Waals surface area contributed by atoms with Crippen molar-refractivity contribution in [1.29, 1.82) is 0 Å². The van der Waals surface area contributed by atoms with Crippen LogP contribution in [0.4, 0.5) is 0 Å². The highest BCUT2D eigenvalue weighted by molar-refractivity contribution is 5.49. The van der Waals surface area contributed by atoms with Gasteiger partial charge in [0.25, 0.3) is 0 Å². The zero-order valence-electron chi connectivity index (χ0n) is 21.3. The minimum atomic E-state index is -0.0228. The molecule has 1 fully saturated rings. The molecule has 0 unspecified atom stereocenters. The second-order valence-electron chi connectivity index (χ2n) is 10.5. The van der Waals surface area contributed by atoms with Crippen molar-refractivity contribution in [3.8, 4) is 11.5 Å². The van der Waals surface area contributed by atoms with E-state index in [0.717, 1.165) is 67.9 Å². The number of benzene rings is 2. The summed E-state index contributed by atoms with van der Waals surface area (Å²) in [5.74, 6) is 2.90. The van der Waals surface area contributed by atoms with Gasteiger partial charge in [0.2, 0.25) is 0 Å². The van der Waals surface area contributed by atoms with Gasteiger partial charge >= 0.3 is 0 Å². The maximum absolute atomic E-state index is 9.92. The quantitative estimate of drug-likeness (QED) is 0.558. The lowest BCUT2D eigenvalue weighted by molar-refractivity contribution is 0.0435. The molecular formula is C29H40N2O4. The summed E-state index contributed by atoms with van der Waals surface area (Å²) in [6.45, 7) is 5.49. The second-order valence-corrected chi connectivity index (χ2v) is 10.5. The van der Waals surface area contributed by atoms with Gasteiger partial charge in [-0.1, -0.05) is 25.5 Å². The van der Waals surface area contributed by atoms with Gasteiger partial charge in [-0.3, -0.25) is 4.90 Å². The largest absolute Gasteiger partial charge is 0.493 e. The monoisotopic (exact) mass is 480 g/mol. The first-order valence-electron chi connectivity index (χ1n) is 13.2. The molecule has 1 saturated heterocycles. The van der Waals surface area contributed by atoms with E-state index in [4.69, 9.17) is 9.47 Å². The Balaban J connectivity index is 1.43. The van der Waals surface area contributed by atoms with Crippen molar-refractivity contribution in [3.63, 3.8) is 0 Å². The Labute approximate surface area is 209 Å². The van der Waals surface area contributed by atoms with E-state index in [2.05, 4.69) is 41.4 Å². The first kappa shape index (κ1) is 24.6. The Morgan fingerprint density at radius 3 is 2.34 bits per heavy atom. The van der Waals surface area contributed by atoms with Crippen LogP contribution >= 0.6 is 0 Å². The van der Waals surface area contributed by atoms with Crippen molar-refractivity contribution >= 4 is 0 Å². The Bertz CT molecular complexity index is 1050. The van der Waals surface area contributed by atoms with Crippen LogP contribution in [0.2, 0.25) is 0 Å². The fourth-order valence-corrected chi connectivity index (χ4v) is 6.85. The molecule has 190 valence electrons. The van der Waals surface area contributed by atoms with Crippen molar-refractivity contribution in [1.82, 2.24) is 10.2 Å². The summed E-state index contributed by atoms with van der Waals surface area (Å²) in [7, 11) is 3.41. The highest BCUT2D eigenvalue weighted by Crippen LogP contribution is 2.46. The molecule has 0 spiro atoms. The highest BCUT2D eigenvalue weighted by Gasteiger charge is 2.40. The van der Waals surface area contributed by atoms with Gasteiger partial charge in [0.15, 0.2) is 11.5 Å². The molecule has 3 aliphatic rings. The average Bonchev–Trinajstić information content (AvgIpc) is 2.91. The van der Waals surface area contributed by atoms with Crippen LogP contribution in [0.1, 0.15) is 71.7 Å². The molecule has 0 radical (unpaired) electrons. The standard InChI is InChI=1S/C29H40N2O4/c1-4-18-15-31-8-6-20-9-22(16-32)23(17-33)10-25(20)27(31)12-21(18)11-26-24-14-29(35-3)28(34-2)13-19(24)5-7-30-26/h9-10,13-14,18,21,26-27,30,32-33H,4-8,11-12,15-17H2,1-3H3/t18-,21-,26+,27-/m0/s1. The lowest BCUT2D eigenvalue weighted by atomic mass is 9.72. The third kappa shape index (κ3) is 4.57. The van der Waals surface area contributed by atoms with Gasteiger partial charge < -0.3 is 25.0 Å². The predicted octanol–water partition coefficient (Wildman–Crippen LogP) is 3.91. The Hall–Kier alpha value is -2.12. The molecule has 0 amide bonds. The Morgan fingerprint density at radius 2 is 1.63 bits per heavy atom. The molecule has 4 atom stereocenters. The summed E-state index contributed by atoms with van der Waals surface area (Å²) in [6, 6.07) is 9.36. The van der Waals surface area contributed by atoms with Crippen molar-refractivity contribution in [3.05, 3.63) is 57.6 Å². The number of rotatable bonds is 7. The summed E-state index contributed by atoms with van der Waals surface area (Å²) >= 11 is 0. The van der Waals surface area contributed by atoms with Gasteiger partial charge in [0.05, 0.1) is 27.4 Å². The van der Waals surface area contributed by atoms with E-state index in [1.165, 1.54) is 28.7 Å². The van der Waals surface area contributed by atoms with Gasteiger partial charge in [-0.25, -0.2) is 0 Å². The van der Waals surface area contributed by atoms with Crippen LogP contribution in [0.15, 0.2) is 24.3 Å². The number of hydrogen-bond donors (Lipinski definition) is 3. The van der Waals surface area contributed by atoms with Crippen molar-refractivity contribution in [2.45, 2.75) is 64.3 Å². The fraction of sp³-hybridized carbons (Fsp3) is 0.586. The number of hydrogen-bond acceptors (Lipinski definition) is 6. The minimum absolute atomic E-state index is 0.0148. The van der Waals surface area contributed by atoms with Crippen molar-refractivity contribution < 1.29 is 19.7 Å². The number of methoxy groups -OCH3 is 2. The van der Waals surface area contributed by atoms with Gasteiger partial charge in [-0.05, 0) is 89.6 Å². The molecule has 2 aromatic rings. The zero-order chi connectivity index (χ0) is 24.5. The predicted molar refractivity (Wildman–Crippen MR) is 137 cm³/mol. The number of ether oxygens (including phenoxy) is 2. The number of nitrogens with one attached hydrogen (secondary N) is 1. The smallest absolute Gasteiger partial charge is 0.161 e. The van der Waals surface area contributed by atoms with E-state index in [1.54, 1.807) is 14.2 Å².